The first-order chi connectivity index (χ1) is 12.1. The SMILES string of the molecule is C/C=C(\C(=O)N1C=CC(/C(C)=C/NCC(C)C)=C(O)C1=C(C)C)C(C)C. The first-order valence-corrected chi connectivity index (χ1v) is 9.31. The molecule has 0 saturated carbocycles. The van der Waals surface area contributed by atoms with Gasteiger partial charge in [0.15, 0.2) is 0 Å². The van der Waals surface area contributed by atoms with Crippen LogP contribution in [0.15, 0.2) is 58.3 Å². The van der Waals surface area contributed by atoms with Crippen LogP contribution < -0.4 is 5.32 Å². The maximum Gasteiger partial charge on any atom is 0.258 e. The van der Waals surface area contributed by atoms with E-state index in [4.69, 9.17) is 0 Å². The van der Waals surface area contributed by atoms with Crippen molar-refractivity contribution in [2.45, 2.75) is 55.4 Å². The van der Waals surface area contributed by atoms with Gasteiger partial charge in [0.05, 0.1) is 5.70 Å². The van der Waals surface area contributed by atoms with Crippen LogP contribution in [0.4, 0.5) is 0 Å². The predicted molar refractivity (Wildman–Crippen MR) is 109 cm³/mol. The number of hydrogen-bond acceptors (Lipinski definition) is 3. The standard InChI is InChI=1S/C22H34N2O2/c1-9-18(15(4)5)22(26)24-11-10-19(21(25)20(24)16(6)7)17(8)13-23-12-14(2)3/h9-11,13-15,23,25H,12H2,1-8H3/b17-13+,18-9-. The van der Waals surface area contributed by atoms with Gasteiger partial charge < -0.3 is 10.4 Å². The Hall–Kier alpha value is -2.23. The highest BCUT2D eigenvalue weighted by molar-refractivity contribution is 5.96. The summed E-state index contributed by atoms with van der Waals surface area (Å²) < 4.78 is 0. The minimum Gasteiger partial charge on any atom is -0.505 e. The van der Waals surface area contributed by atoms with Crippen molar-refractivity contribution in [3.8, 4) is 0 Å². The van der Waals surface area contributed by atoms with Crippen LogP contribution in [-0.2, 0) is 4.79 Å². The molecule has 0 bridgehead atoms. The molecular weight excluding hydrogens is 324 g/mol. The highest BCUT2D eigenvalue weighted by Gasteiger charge is 2.28. The zero-order chi connectivity index (χ0) is 20.0. The summed E-state index contributed by atoms with van der Waals surface area (Å²) in [5.74, 6) is 0.703. The van der Waals surface area contributed by atoms with E-state index in [2.05, 4.69) is 19.2 Å². The molecule has 4 heteroatoms. The Bertz CT molecular complexity index is 685. The minimum absolute atomic E-state index is 0.0971. The molecule has 0 atom stereocenters. The molecule has 2 N–H and O–H groups in total. The average Bonchev–Trinajstić information content (AvgIpc) is 2.53. The lowest BCUT2D eigenvalue weighted by atomic mass is 9.97. The van der Waals surface area contributed by atoms with Crippen molar-refractivity contribution < 1.29 is 9.90 Å². The molecule has 1 rings (SSSR count). The highest BCUT2D eigenvalue weighted by atomic mass is 16.3. The van der Waals surface area contributed by atoms with E-state index in [1.54, 1.807) is 17.2 Å². The maximum absolute atomic E-state index is 13.0. The molecule has 144 valence electrons. The number of aliphatic hydroxyl groups excluding tert-OH is 1. The third kappa shape index (κ3) is 5.13. The van der Waals surface area contributed by atoms with Crippen molar-refractivity contribution in [1.29, 1.82) is 0 Å². The van der Waals surface area contributed by atoms with Crippen LogP contribution in [0, 0.1) is 11.8 Å². The van der Waals surface area contributed by atoms with E-state index in [0.29, 0.717) is 11.6 Å². The fraction of sp³-hybridized carbons (Fsp3) is 0.500. The molecule has 1 amide bonds. The lowest BCUT2D eigenvalue weighted by Gasteiger charge is -2.29. The number of aliphatic hydroxyl groups is 1. The molecule has 0 aromatic rings. The molecule has 0 aliphatic carbocycles. The van der Waals surface area contributed by atoms with Crippen LogP contribution in [0.3, 0.4) is 0 Å². The van der Waals surface area contributed by atoms with E-state index in [0.717, 1.165) is 28.8 Å². The Kier molecular flexibility index (Phi) is 7.94. The smallest absolute Gasteiger partial charge is 0.258 e. The zero-order valence-electron chi connectivity index (χ0n) is 17.5. The molecule has 4 nitrogen and oxygen atoms in total. The van der Waals surface area contributed by atoms with Gasteiger partial charge in [-0.15, -0.1) is 0 Å². The van der Waals surface area contributed by atoms with Crippen molar-refractivity contribution in [2.75, 3.05) is 6.54 Å². The zero-order valence-corrected chi connectivity index (χ0v) is 17.5. The molecular formula is C22H34N2O2. The van der Waals surface area contributed by atoms with Crippen molar-refractivity contribution in [3.63, 3.8) is 0 Å². The van der Waals surface area contributed by atoms with Gasteiger partial charge in [0.1, 0.15) is 5.76 Å². The third-order valence-corrected chi connectivity index (χ3v) is 4.25. The quantitative estimate of drug-likeness (QED) is 0.642. The largest absolute Gasteiger partial charge is 0.505 e. The van der Waals surface area contributed by atoms with E-state index in [1.165, 1.54) is 0 Å². The van der Waals surface area contributed by atoms with Gasteiger partial charge in [-0.25, -0.2) is 0 Å². The molecule has 0 saturated heterocycles. The Balaban J connectivity index is 3.25. The van der Waals surface area contributed by atoms with Gasteiger partial charge in [0.25, 0.3) is 5.91 Å². The molecule has 0 aromatic carbocycles. The molecule has 1 aliphatic heterocycles. The molecule has 0 radical (unpaired) electrons. The summed E-state index contributed by atoms with van der Waals surface area (Å²) in [5, 5.41) is 14.2. The van der Waals surface area contributed by atoms with Gasteiger partial charge in [0, 0.05) is 30.1 Å². The first-order valence-electron chi connectivity index (χ1n) is 9.31. The van der Waals surface area contributed by atoms with Crippen LogP contribution in [0.5, 0.6) is 0 Å². The van der Waals surface area contributed by atoms with Gasteiger partial charge in [0.2, 0.25) is 0 Å². The highest BCUT2D eigenvalue weighted by Crippen LogP contribution is 2.31. The van der Waals surface area contributed by atoms with Crippen LogP contribution >= 0.6 is 0 Å². The van der Waals surface area contributed by atoms with Crippen molar-refractivity contribution in [3.05, 3.63) is 58.3 Å². The fourth-order valence-electron chi connectivity index (χ4n) is 2.88. The van der Waals surface area contributed by atoms with Gasteiger partial charge in [-0.05, 0) is 56.8 Å². The molecule has 1 aliphatic rings. The number of amides is 1. The second-order valence-corrected chi connectivity index (χ2v) is 7.63. The van der Waals surface area contributed by atoms with Crippen molar-refractivity contribution in [1.82, 2.24) is 10.2 Å². The molecule has 0 fully saturated rings. The van der Waals surface area contributed by atoms with Gasteiger partial charge in [-0.3, -0.25) is 9.69 Å². The average molecular weight is 359 g/mol. The number of rotatable bonds is 6. The second-order valence-electron chi connectivity index (χ2n) is 7.63. The monoisotopic (exact) mass is 358 g/mol. The van der Waals surface area contributed by atoms with Crippen LogP contribution in [0.1, 0.15) is 55.4 Å². The first kappa shape index (κ1) is 21.8. The third-order valence-electron chi connectivity index (χ3n) is 4.25. The Morgan fingerprint density at radius 3 is 2.31 bits per heavy atom. The number of nitrogens with zero attached hydrogens (tertiary/aromatic N) is 1. The Morgan fingerprint density at radius 2 is 1.85 bits per heavy atom. The Morgan fingerprint density at radius 1 is 1.23 bits per heavy atom. The summed E-state index contributed by atoms with van der Waals surface area (Å²) >= 11 is 0. The van der Waals surface area contributed by atoms with Crippen LogP contribution in [0.2, 0.25) is 0 Å². The van der Waals surface area contributed by atoms with E-state index >= 15 is 0 Å². The number of allylic oxidation sites excluding steroid dienone is 5. The normalized spacial score (nSPS) is 16.1. The van der Waals surface area contributed by atoms with E-state index in [-0.39, 0.29) is 17.6 Å². The molecule has 1 heterocycles. The van der Waals surface area contributed by atoms with Crippen LogP contribution in [-0.4, -0.2) is 22.5 Å². The van der Waals surface area contributed by atoms with Gasteiger partial charge in [-0.1, -0.05) is 33.8 Å². The van der Waals surface area contributed by atoms with E-state index < -0.39 is 0 Å². The summed E-state index contributed by atoms with van der Waals surface area (Å²) in [4.78, 5) is 14.5. The van der Waals surface area contributed by atoms with Gasteiger partial charge in [-0.2, -0.15) is 0 Å². The summed E-state index contributed by atoms with van der Waals surface area (Å²) in [7, 11) is 0. The molecule has 0 spiro atoms. The summed E-state index contributed by atoms with van der Waals surface area (Å²) in [5.41, 5.74) is 3.84. The number of carbonyl (C=O) groups excluding carboxylic acids is 1. The summed E-state index contributed by atoms with van der Waals surface area (Å²) in [6.07, 6.45) is 7.32. The fourth-order valence-corrected chi connectivity index (χ4v) is 2.88. The number of hydrogen-bond donors (Lipinski definition) is 2. The van der Waals surface area contributed by atoms with Gasteiger partial charge >= 0.3 is 0 Å². The minimum atomic E-state index is -0.0971. The maximum atomic E-state index is 13.0. The number of nitrogens with one attached hydrogen (secondary N) is 1. The lowest BCUT2D eigenvalue weighted by Crippen LogP contribution is -2.32. The second kappa shape index (κ2) is 9.46. The summed E-state index contributed by atoms with van der Waals surface area (Å²) in [6.45, 7) is 16.8. The Labute approximate surface area is 158 Å². The van der Waals surface area contributed by atoms with E-state index in [9.17, 15) is 9.90 Å². The van der Waals surface area contributed by atoms with E-state index in [1.807, 2.05) is 53.8 Å². The number of carbonyl (C=O) groups is 1. The molecule has 26 heavy (non-hydrogen) atoms. The van der Waals surface area contributed by atoms with Crippen molar-refractivity contribution in [2.24, 2.45) is 11.8 Å². The molecule has 0 unspecified atom stereocenters. The molecule has 0 aromatic heterocycles. The lowest BCUT2D eigenvalue weighted by molar-refractivity contribution is -0.123. The summed E-state index contributed by atoms with van der Waals surface area (Å²) in [6, 6.07) is 0. The topological polar surface area (TPSA) is 52.6 Å². The van der Waals surface area contributed by atoms with Crippen LogP contribution in [0.25, 0.3) is 0 Å². The van der Waals surface area contributed by atoms with Crippen molar-refractivity contribution >= 4 is 5.91 Å². The predicted octanol–water partition coefficient (Wildman–Crippen LogP) is 5.20.